The van der Waals surface area contributed by atoms with E-state index in [1.165, 1.54) is 33.6 Å². The maximum Gasteiger partial charge on any atom is 0.416 e. The zero-order chi connectivity index (χ0) is 68.2. The number of rotatable bonds is 10. The molecule has 0 saturated carbocycles. The summed E-state index contributed by atoms with van der Waals surface area (Å²) in [5, 5.41) is 1.63. The van der Waals surface area contributed by atoms with Crippen LogP contribution in [0.1, 0.15) is 58.2 Å². The van der Waals surface area contributed by atoms with Gasteiger partial charge in [-0.05, 0) is 147 Å². The summed E-state index contributed by atoms with van der Waals surface area (Å²) in [6.07, 6.45) is -4.72. The first-order valence-corrected chi connectivity index (χ1v) is 33.7. The smallest absolute Gasteiger partial charge is 0.311 e. The number of nitrogens with zero attached hydrogens (tertiary/aromatic N) is 9. The van der Waals surface area contributed by atoms with Crippen LogP contribution < -0.4 is 26.2 Å². The van der Waals surface area contributed by atoms with E-state index in [1.807, 2.05) is 138 Å². The molecule has 0 N–H and O–H groups in total. The van der Waals surface area contributed by atoms with Crippen molar-refractivity contribution in [2.75, 3.05) is 9.80 Å². The maximum absolute atomic E-state index is 15.4. The molecule has 482 valence electrons. The Balaban J connectivity index is 0.951. The quantitative estimate of drug-likeness (QED) is 0.125. The molecule has 2 aliphatic rings. The van der Waals surface area contributed by atoms with Crippen LogP contribution in [0.2, 0.25) is 0 Å². The summed E-state index contributed by atoms with van der Waals surface area (Å²) in [5.74, 6) is 2.17. The number of hydrogen-bond acceptors (Lipinski definition) is 8. The second-order valence-electron chi connectivity index (χ2n) is 27.9. The second-order valence-corrected chi connectivity index (χ2v) is 27.9. The highest BCUT2D eigenvalue weighted by Gasteiger charge is 2.45. The average molecular weight is 1300 g/mol. The molecule has 15 aromatic rings. The zero-order valence-electron chi connectivity index (χ0n) is 55.9. The van der Waals surface area contributed by atoms with E-state index in [9.17, 15) is 0 Å². The zero-order valence-corrected chi connectivity index (χ0v) is 55.9. The third kappa shape index (κ3) is 10.9. The second kappa shape index (κ2) is 23.9. The van der Waals surface area contributed by atoms with Gasteiger partial charge in [0, 0.05) is 78.3 Å². The monoisotopic (exact) mass is 1300 g/mol. The van der Waals surface area contributed by atoms with Crippen molar-refractivity contribution in [2.24, 2.45) is 0 Å². The molecular formula is C87H65BF3N9. The Labute approximate surface area is 578 Å². The number of halogens is 3. The lowest BCUT2D eigenvalue weighted by Crippen LogP contribution is -2.61. The largest absolute Gasteiger partial charge is 0.416 e. The van der Waals surface area contributed by atoms with Gasteiger partial charge in [-0.3, -0.25) is 0 Å². The predicted octanol–water partition coefficient (Wildman–Crippen LogP) is 20.5. The summed E-state index contributed by atoms with van der Waals surface area (Å²) < 4.78 is 48.4. The number of aromatic nitrogens is 7. The van der Waals surface area contributed by atoms with E-state index in [-0.39, 0.29) is 28.9 Å². The molecule has 0 radical (unpaired) electrons. The molecule has 0 bridgehead atoms. The molecule has 0 amide bonds. The van der Waals surface area contributed by atoms with Crippen LogP contribution in [0.3, 0.4) is 0 Å². The minimum atomic E-state index is -4.72. The molecule has 12 aromatic carbocycles. The number of hydrogen-bond donors (Lipinski definition) is 0. The number of fused-ring (bicyclic) bond motifs is 7. The first kappa shape index (κ1) is 61.5. The minimum absolute atomic E-state index is 0.0730. The number of alkyl halides is 3. The van der Waals surface area contributed by atoms with Gasteiger partial charge < -0.3 is 14.4 Å². The lowest BCUT2D eigenvalue weighted by atomic mass is 9.33. The molecule has 13 heteroatoms. The van der Waals surface area contributed by atoms with Crippen LogP contribution >= 0.6 is 0 Å². The van der Waals surface area contributed by atoms with Gasteiger partial charge in [0.05, 0.1) is 22.3 Å². The van der Waals surface area contributed by atoms with Crippen LogP contribution in [0.25, 0.3) is 107 Å². The van der Waals surface area contributed by atoms with Crippen LogP contribution in [0.5, 0.6) is 0 Å². The third-order valence-electron chi connectivity index (χ3n) is 19.4. The molecule has 0 aliphatic carbocycles. The molecule has 9 nitrogen and oxygen atoms in total. The molecule has 0 unspecified atom stereocenters. The van der Waals surface area contributed by atoms with Gasteiger partial charge in [-0.2, -0.15) is 13.2 Å². The predicted molar refractivity (Wildman–Crippen MR) is 402 cm³/mol. The highest BCUT2D eigenvalue weighted by molar-refractivity contribution is 7.00. The Morgan fingerprint density at radius 1 is 0.290 bits per heavy atom. The van der Waals surface area contributed by atoms with Crippen LogP contribution in [0.4, 0.5) is 47.3 Å². The molecule has 0 fully saturated rings. The van der Waals surface area contributed by atoms with Gasteiger partial charge in [-0.15, -0.1) is 0 Å². The van der Waals surface area contributed by atoms with Crippen LogP contribution in [-0.4, -0.2) is 41.2 Å². The van der Waals surface area contributed by atoms with Crippen molar-refractivity contribution < 1.29 is 13.2 Å². The highest BCUT2D eigenvalue weighted by Crippen LogP contribution is 2.49. The molecule has 3 aromatic heterocycles. The van der Waals surface area contributed by atoms with E-state index >= 15 is 13.2 Å². The van der Waals surface area contributed by atoms with Gasteiger partial charge in [0.25, 0.3) is 6.71 Å². The van der Waals surface area contributed by atoms with Gasteiger partial charge >= 0.3 is 6.18 Å². The van der Waals surface area contributed by atoms with Crippen molar-refractivity contribution in [3.8, 4) is 85.1 Å². The lowest BCUT2D eigenvalue weighted by Gasteiger charge is -2.45. The standard InChI is InChI=1S/C87H65BF3N9/c1-85(2,3)61-39-45-74-69(52-61)88-70-53-62(86(4,5)6)40-46-75(70)99(65-35-23-12-24-36-65)77-50-60(49-76(78(77)88)98(74)64-33-21-11-22-34-64)58-37-42-71-66(47-58)67-48-59(83-94-79(54-25-13-7-14-26-54)92-80(95-83)55-27-15-8-16-28-55)38-43-72(67)100(71)73-44-41-63(87(89,90)91)51-68(73)84-96-81(56-29-17-9-18-30-56)93-82(97-84)57-31-19-10-20-32-57/h7-53H,1-6H3. The average Bonchev–Trinajstić information content (AvgIpc) is 0.804. The Hall–Kier alpha value is -12.1. The molecule has 0 saturated heterocycles. The Morgan fingerprint density at radius 2 is 0.640 bits per heavy atom. The molecule has 5 heterocycles. The van der Waals surface area contributed by atoms with Gasteiger partial charge in [0.2, 0.25) is 0 Å². The molecule has 100 heavy (non-hydrogen) atoms. The Morgan fingerprint density at radius 3 is 1.04 bits per heavy atom. The molecule has 0 atom stereocenters. The fourth-order valence-corrected chi connectivity index (χ4v) is 14.4. The molecule has 2 aliphatic heterocycles. The van der Waals surface area contributed by atoms with Gasteiger partial charge in [0.1, 0.15) is 0 Å². The first-order valence-electron chi connectivity index (χ1n) is 33.7. The Bertz CT molecular complexity index is 5440. The lowest BCUT2D eigenvalue weighted by molar-refractivity contribution is -0.137. The summed E-state index contributed by atoms with van der Waals surface area (Å²) in [4.78, 5) is 35.4. The van der Waals surface area contributed by atoms with Crippen molar-refractivity contribution in [1.29, 1.82) is 0 Å². The highest BCUT2D eigenvalue weighted by atomic mass is 19.4. The van der Waals surface area contributed by atoms with E-state index < -0.39 is 11.7 Å². The summed E-state index contributed by atoms with van der Waals surface area (Å²) >= 11 is 0. The summed E-state index contributed by atoms with van der Waals surface area (Å²) in [5.41, 5.74) is 19.0. The molecular weight excluding hydrogens is 1240 g/mol. The van der Waals surface area contributed by atoms with Crippen molar-refractivity contribution in [1.82, 2.24) is 34.5 Å². The summed E-state index contributed by atoms with van der Waals surface area (Å²) in [6.45, 7) is 13.6. The normalized spacial score (nSPS) is 12.8. The van der Waals surface area contributed by atoms with E-state index in [1.54, 1.807) is 6.07 Å². The van der Waals surface area contributed by atoms with Gasteiger partial charge in [0.15, 0.2) is 34.9 Å². The van der Waals surface area contributed by atoms with Crippen LogP contribution in [0, 0.1) is 0 Å². The molecule has 0 spiro atoms. The number of para-hydroxylation sites is 2. The van der Waals surface area contributed by atoms with Crippen molar-refractivity contribution >= 4 is 79.0 Å². The Kier molecular flexibility index (Phi) is 14.7. The fraction of sp³-hybridized carbons (Fsp3) is 0.103. The van der Waals surface area contributed by atoms with E-state index in [0.717, 1.165) is 78.7 Å². The van der Waals surface area contributed by atoms with E-state index in [4.69, 9.17) is 29.9 Å². The minimum Gasteiger partial charge on any atom is -0.311 e. The van der Waals surface area contributed by atoms with Crippen LogP contribution in [0.15, 0.2) is 285 Å². The van der Waals surface area contributed by atoms with E-state index in [2.05, 4.69) is 185 Å². The number of anilines is 6. The van der Waals surface area contributed by atoms with Gasteiger partial charge in [-0.25, -0.2) is 29.9 Å². The van der Waals surface area contributed by atoms with Crippen molar-refractivity contribution in [2.45, 2.75) is 58.5 Å². The van der Waals surface area contributed by atoms with E-state index in [0.29, 0.717) is 57.0 Å². The first-order chi connectivity index (χ1) is 48.5. The van der Waals surface area contributed by atoms with Crippen molar-refractivity contribution in [3.63, 3.8) is 0 Å². The SMILES string of the molecule is CC(C)(C)c1ccc2c(c1)B1c3cc(C(C)(C)C)ccc3N(c3ccccc3)c3cc(-c4ccc5c(c4)c4cc(-c6nc(-c7ccccc7)nc(-c7ccccc7)n6)ccc4n5-c4ccc(C(F)(F)F)cc4-c4nc(-c5ccccc5)nc(-c5ccccc5)n4)cc(c31)N2c1ccccc1. The van der Waals surface area contributed by atoms with Gasteiger partial charge in [-0.1, -0.05) is 230 Å². The third-order valence-corrected chi connectivity index (χ3v) is 19.4. The summed E-state index contributed by atoms with van der Waals surface area (Å²) in [7, 11) is 0. The van der Waals surface area contributed by atoms with Crippen molar-refractivity contribution in [3.05, 3.63) is 302 Å². The molecule has 17 rings (SSSR count). The maximum atomic E-state index is 15.4. The van der Waals surface area contributed by atoms with Crippen LogP contribution in [-0.2, 0) is 17.0 Å². The fourth-order valence-electron chi connectivity index (χ4n) is 14.4. The summed E-state index contributed by atoms with van der Waals surface area (Å²) in [6, 6.07) is 95.3. The topological polar surface area (TPSA) is 88.8 Å². The number of benzene rings is 12.